The lowest BCUT2D eigenvalue weighted by molar-refractivity contribution is -0.137. The summed E-state index contributed by atoms with van der Waals surface area (Å²) in [5.41, 5.74) is -0.291. The molecule has 0 aliphatic carbocycles. The fourth-order valence-electron chi connectivity index (χ4n) is 2.51. The summed E-state index contributed by atoms with van der Waals surface area (Å²) in [5.74, 6) is -0.428. The molecule has 1 fully saturated rings. The van der Waals surface area contributed by atoms with E-state index in [9.17, 15) is 23.1 Å². The molecule has 7 nitrogen and oxygen atoms in total. The summed E-state index contributed by atoms with van der Waals surface area (Å²) in [6, 6.07) is 2.47. The van der Waals surface area contributed by atoms with E-state index in [1.54, 1.807) is 6.92 Å². The number of aromatic nitrogens is 3. The van der Waals surface area contributed by atoms with E-state index in [1.807, 2.05) is 0 Å². The number of rotatable bonds is 3. The Labute approximate surface area is 140 Å². The summed E-state index contributed by atoms with van der Waals surface area (Å²) < 4.78 is 38.0. The van der Waals surface area contributed by atoms with Crippen LogP contribution < -0.4 is 10.6 Å². The molecule has 1 amide bonds. The fraction of sp³-hybridized carbons (Fsp3) is 0.333. The minimum absolute atomic E-state index is 0.0755. The van der Waals surface area contributed by atoms with Crippen molar-refractivity contribution in [3.05, 3.63) is 29.5 Å². The molecule has 1 saturated heterocycles. The number of phenols is 1. The first-order valence-corrected chi connectivity index (χ1v) is 7.39. The fourth-order valence-corrected chi connectivity index (χ4v) is 2.51. The molecule has 25 heavy (non-hydrogen) atoms. The molecule has 3 N–H and O–H groups in total. The maximum atomic E-state index is 12.7. The Bertz CT molecular complexity index is 825. The van der Waals surface area contributed by atoms with Gasteiger partial charge in [0.2, 0.25) is 11.9 Å². The largest absolute Gasteiger partial charge is 0.507 e. The molecule has 0 bridgehead atoms. The first-order valence-electron chi connectivity index (χ1n) is 7.39. The van der Waals surface area contributed by atoms with Crippen molar-refractivity contribution in [2.24, 2.45) is 0 Å². The number of carbonyl (C=O) groups is 1. The highest BCUT2D eigenvalue weighted by molar-refractivity contribution is 5.79. The number of nitrogens with zero attached hydrogens (tertiary/aromatic N) is 3. The third kappa shape index (κ3) is 3.62. The number of aryl methyl sites for hydroxylation is 1. The lowest BCUT2D eigenvalue weighted by Crippen LogP contribution is -2.24. The summed E-state index contributed by atoms with van der Waals surface area (Å²) in [5, 5.41) is 23.3. The lowest BCUT2D eigenvalue weighted by Gasteiger charge is -2.13. The predicted molar refractivity (Wildman–Crippen MR) is 81.7 cm³/mol. The van der Waals surface area contributed by atoms with Gasteiger partial charge in [-0.2, -0.15) is 13.2 Å². The Morgan fingerprint density at radius 2 is 2.08 bits per heavy atom. The second-order valence-corrected chi connectivity index (χ2v) is 5.65. The van der Waals surface area contributed by atoms with E-state index in [4.69, 9.17) is 0 Å². The summed E-state index contributed by atoms with van der Waals surface area (Å²) >= 11 is 0. The normalized spacial score (nSPS) is 17.4. The molecule has 1 aromatic heterocycles. The molecule has 2 aromatic rings. The van der Waals surface area contributed by atoms with Crippen molar-refractivity contribution < 1.29 is 23.1 Å². The van der Waals surface area contributed by atoms with Crippen LogP contribution in [0.3, 0.4) is 0 Å². The quantitative estimate of drug-likeness (QED) is 0.779. The van der Waals surface area contributed by atoms with Crippen LogP contribution in [0.2, 0.25) is 0 Å². The number of hydrogen-bond donors (Lipinski definition) is 3. The Kier molecular flexibility index (Phi) is 4.19. The zero-order valence-electron chi connectivity index (χ0n) is 13.1. The number of amides is 1. The Hall–Kier alpha value is -2.91. The van der Waals surface area contributed by atoms with Crippen molar-refractivity contribution in [1.29, 1.82) is 0 Å². The molecular weight excluding hydrogens is 339 g/mol. The van der Waals surface area contributed by atoms with Crippen LogP contribution in [-0.2, 0) is 11.0 Å². The molecule has 1 aromatic carbocycles. The van der Waals surface area contributed by atoms with Crippen LogP contribution >= 0.6 is 0 Å². The van der Waals surface area contributed by atoms with E-state index in [0.717, 1.165) is 12.1 Å². The van der Waals surface area contributed by atoms with Gasteiger partial charge in [-0.15, -0.1) is 10.2 Å². The van der Waals surface area contributed by atoms with Crippen molar-refractivity contribution in [2.75, 3.05) is 11.9 Å². The van der Waals surface area contributed by atoms with Crippen molar-refractivity contribution in [1.82, 2.24) is 20.5 Å². The molecule has 1 aliphatic heterocycles. The average molecular weight is 353 g/mol. The Balaban J connectivity index is 1.85. The topological polar surface area (TPSA) is 100 Å². The molecule has 2 heterocycles. The molecule has 1 aliphatic rings. The highest BCUT2D eigenvalue weighted by atomic mass is 19.4. The first-order chi connectivity index (χ1) is 11.7. The standard InChI is InChI=1S/C15H14F3N5O2/c1-7-13(10-3-2-8(4-11(10)24)15(16,17)18)22-23-14(20-7)21-9-5-12(25)19-6-9/h2-4,9,24H,5-6H2,1H3,(H,19,25)(H,20,21,23)/t9-/m1/s1. The third-order valence-corrected chi connectivity index (χ3v) is 3.75. The van der Waals surface area contributed by atoms with Gasteiger partial charge in [-0.1, -0.05) is 0 Å². The SMILES string of the molecule is Cc1nc(N[C@H]2CNC(=O)C2)nnc1-c1ccc(C(F)(F)F)cc1O. The van der Waals surface area contributed by atoms with Gasteiger partial charge in [-0.3, -0.25) is 4.79 Å². The zero-order valence-corrected chi connectivity index (χ0v) is 13.1. The second kappa shape index (κ2) is 6.19. The number of carbonyl (C=O) groups excluding carboxylic acids is 1. The van der Waals surface area contributed by atoms with Crippen LogP contribution in [-0.4, -0.2) is 38.8 Å². The van der Waals surface area contributed by atoms with Gasteiger partial charge in [-0.25, -0.2) is 4.98 Å². The van der Waals surface area contributed by atoms with Gasteiger partial charge < -0.3 is 15.7 Å². The Morgan fingerprint density at radius 3 is 2.64 bits per heavy atom. The third-order valence-electron chi connectivity index (χ3n) is 3.75. The number of nitrogens with one attached hydrogen (secondary N) is 2. The van der Waals surface area contributed by atoms with Crippen LogP contribution in [0.25, 0.3) is 11.3 Å². The van der Waals surface area contributed by atoms with Gasteiger partial charge in [0.1, 0.15) is 11.4 Å². The van der Waals surface area contributed by atoms with E-state index in [0.29, 0.717) is 24.7 Å². The number of aromatic hydroxyl groups is 1. The summed E-state index contributed by atoms with van der Waals surface area (Å²) in [4.78, 5) is 15.4. The van der Waals surface area contributed by atoms with Gasteiger partial charge in [0.25, 0.3) is 0 Å². The zero-order chi connectivity index (χ0) is 18.2. The summed E-state index contributed by atoms with van der Waals surface area (Å²) in [6.45, 7) is 2.05. The van der Waals surface area contributed by atoms with E-state index >= 15 is 0 Å². The number of halogens is 3. The van der Waals surface area contributed by atoms with E-state index in [1.165, 1.54) is 0 Å². The number of phenolic OH excluding ortho intramolecular Hbond substituents is 1. The highest BCUT2D eigenvalue weighted by Crippen LogP contribution is 2.36. The highest BCUT2D eigenvalue weighted by Gasteiger charge is 2.31. The molecular formula is C15H14F3N5O2. The summed E-state index contributed by atoms with van der Waals surface area (Å²) in [6.07, 6.45) is -4.25. The molecule has 0 spiro atoms. The molecule has 10 heteroatoms. The van der Waals surface area contributed by atoms with Crippen molar-refractivity contribution in [3.8, 4) is 17.0 Å². The van der Waals surface area contributed by atoms with Gasteiger partial charge in [0.05, 0.1) is 17.3 Å². The molecule has 0 saturated carbocycles. The maximum Gasteiger partial charge on any atom is 0.416 e. The number of anilines is 1. The molecule has 132 valence electrons. The van der Waals surface area contributed by atoms with Crippen LogP contribution in [0.5, 0.6) is 5.75 Å². The summed E-state index contributed by atoms with van der Waals surface area (Å²) in [7, 11) is 0. The van der Waals surface area contributed by atoms with Crippen LogP contribution in [0.4, 0.5) is 19.1 Å². The number of alkyl halides is 3. The number of benzene rings is 1. The lowest BCUT2D eigenvalue weighted by atomic mass is 10.1. The van der Waals surface area contributed by atoms with Gasteiger partial charge >= 0.3 is 6.18 Å². The predicted octanol–water partition coefficient (Wildman–Crippen LogP) is 1.87. The van der Waals surface area contributed by atoms with Gasteiger partial charge in [0, 0.05) is 18.5 Å². The maximum absolute atomic E-state index is 12.7. The van der Waals surface area contributed by atoms with Crippen LogP contribution in [0, 0.1) is 6.92 Å². The monoisotopic (exact) mass is 353 g/mol. The van der Waals surface area contributed by atoms with Crippen LogP contribution in [0.15, 0.2) is 18.2 Å². The number of hydrogen-bond acceptors (Lipinski definition) is 6. The minimum Gasteiger partial charge on any atom is -0.507 e. The van der Waals surface area contributed by atoms with Gasteiger partial charge in [0.15, 0.2) is 0 Å². The average Bonchev–Trinajstić information content (AvgIpc) is 2.92. The van der Waals surface area contributed by atoms with E-state index in [-0.39, 0.29) is 29.2 Å². The smallest absolute Gasteiger partial charge is 0.416 e. The van der Waals surface area contributed by atoms with E-state index < -0.39 is 17.5 Å². The van der Waals surface area contributed by atoms with Crippen molar-refractivity contribution in [2.45, 2.75) is 25.6 Å². The van der Waals surface area contributed by atoms with Gasteiger partial charge in [-0.05, 0) is 25.1 Å². The first kappa shape index (κ1) is 16.9. The molecule has 0 unspecified atom stereocenters. The molecule has 0 radical (unpaired) electrons. The minimum atomic E-state index is -4.55. The van der Waals surface area contributed by atoms with E-state index in [2.05, 4.69) is 25.8 Å². The molecule has 3 rings (SSSR count). The second-order valence-electron chi connectivity index (χ2n) is 5.65. The molecule has 1 atom stereocenters. The van der Waals surface area contributed by atoms with Crippen LogP contribution in [0.1, 0.15) is 17.7 Å². The Morgan fingerprint density at radius 1 is 1.32 bits per heavy atom. The van der Waals surface area contributed by atoms with Crippen molar-refractivity contribution >= 4 is 11.9 Å². The van der Waals surface area contributed by atoms with Crippen molar-refractivity contribution in [3.63, 3.8) is 0 Å².